The van der Waals surface area contributed by atoms with Gasteiger partial charge in [-0.2, -0.15) is 0 Å². The summed E-state index contributed by atoms with van der Waals surface area (Å²) in [6.07, 6.45) is 3.98. The van der Waals surface area contributed by atoms with E-state index in [-0.39, 0.29) is 0 Å². The third-order valence-corrected chi connectivity index (χ3v) is 2.37. The number of nitrogens with one attached hydrogen (secondary N) is 1. The van der Waals surface area contributed by atoms with Crippen LogP contribution in [0.1, 0.15) is 40.0 Å². The molecule has 0 aromatic heterocycles. The topological polar surface area (TPSA) is 15.3 Å². The molecule has 0 fully saturated rings. The molecule has 0 aliphatic rings. The first-order valence-corrected chi connectivity index (χ1v) is 5.14. The van der Waals surface area contributed by atoms with Gasteiger partial charge in [0.1, 0.15) is 0 Å². The van der Waals surface area contributed by atoms with Crippen molar-refractivity contribution in [3.63, 3.8) is 0 Å². The SMILES string of the molecule is CCCCC(C)N(CC)CNC. The molecule has 0 aromatic rings. The van der Waals surface area contributed by atoms with Crippen LogP contribution in [0.2, 0.25) is 0 Å². The molecule has 0 spiro atoms. The van der Waals surface area contributed by atoms with Crippen LogP contribution in [0.3, 0.4) is 0 Å². The lowest BCUT2D eigenvalue weighted by atomic mass is 10.1. The normalized spacial score (nSPS) is 13.8. The van der Waals surface area contributed by atoms with Gasteiger partial charge in [-0.1, -0.05) is 26.7 Å². The van der Waals surface area contributed by atoms with Gasteiger partial charge >= 0.3 is 0 Å². The van der Waals surface area contributed by atoms with E-state index in [1.807, 2.05) is 7.05 Å². The van der Waals surface area contributed by atoms with E-state index in [0.29, 0.717) is 0 Å². The van der Waals surface area contributed by atoms with E-state index in [0.717, 1.165) is 19.3 Å². The van der Waals surface area contributed by atoms with Crippen LogP contribution in [0.4, 0.5) is 0 Å². The van der Waals surface area contributed by atoms with Crippen molar-refractivity contribution in [3.05, 3.63) is 0 Å². The van der Waals surface area contributed by atoms with E-state index in [1.165, 1.54) is 19.3 Å². The Morgan fingerprint density at radius 2 is 2.00 bits per heavy atom. The zero-order valence-electron chi connectivity index (χ0n) is 9.06. The minimum Gasteiger partial charge on any atom is -0.307 e. The lowest BCUT2D eigenvalue weighted by Crippen LogP contribution is -2.38. The number of hydrogen-bond acceptors (Lipinski definition) is 2. The summed E-state index contributed by atoms with van der Waals surface area (Å²) in [5, 5.41) is 3.20. The van der Waals surface area contributed by atoms with E-state index < -0.39 is 0 Å². The van der Waals surface area contributed by atoms with Crippen molar-refractivity contribution in [3.8, 4) is 0 Å². The van der Waals surface area contributed by atoms with Crippen molar-refractivity contribution in [1.82, 2.24) is 10.2 Å². The summed E-state index contributed by atoms with van der Waals surface area (Å²) in [4.78, 5) is 2.47. The molecule has 0 aliphatic carbocycles. The molecule has 0 aliphatic heterocycles. The van der Waals surface area contributed by atoms with E-state index in [1.54, 1.807) is 0 Å². The summed E-state index contributed by atoms with van der Waals surface area (Å²) in [6, 6.07) is 0.724. The maximum Gasteiger partial charge on any atom is 0.0480 e. The Balaban J connectivity index is 3.60. The third kappa shape index (κ3) is 4.73. The predicted molar refractivity (Wildman–Crippen MR) is 55.3 cm³/mol. The Morgan fingerprint density at radius 3 is 2.42 bits per heavy atom. The highest BCUT2D eigenvalue weighted by Crippen LogP contribution is 2.06. The van der Waals surface area contributed by atoms with Gasteiger partial charge in [-0.05, 0) is 26.9 Å². The molecule has 0 bridgehead atoms. The van der Waals surface area contributed by atoms with E-state index in [9.17, 15) is 0 Å². The van der Waals surface area contributed by atoms with Crippen LogP contribution in [0.15, 0.2) is 0 Å². The molecule has 2 nitrogen and oxygen atoms in total. The molecule has 1 N–H and O–H groups in total. The van der Waals surface area contributed by atoms with Gasteiger partial charge in [-0.25, -0.2) is 0 Å². The second-order valence-corrected chi connectivity index (χ2v) is 3.41. The number of hydrogen-bond donors (Lipinski definition) is 1. The summed E-state index contributed by atoms with van der Waals surface area (Å²) < 4.78 is 0. The van der Waals surface area contributed by atoms with E-state index in [2.05, 4.69) is 31.0 Å². The van der Waals surface area contributed by atoms with Crippen molar-refractivity contribution >= 4 is 0 Å². The molecule has 0 amide bonds. The highest BCUT2D eigenvalue weighted by atomic mass is 15.2. The monoisotopic (exact) mass is 172 g/mol. The molecule has 1 atom stereocenters. The fourth-order valence-electron chi connectivity index (χ4n) is 1.46. The lowest BCUT2D eigenvalue weighted by molar-refractivity contribution is 0.196. The maximum atomic E-state index is 3.20. The molecule has 0 heterocycles. The number of rotatable bonds is 7. The van der Waals surface area contributed by atoms with Crippen LogP contribution in [-0.2, 0) is 0 Å². The minimum absolute atomic E-state index is 0.724. The summed E-state index contributed by atoms with van der Waals surface area (Å²) >= 11 is 0. The van der Waals surface area contributed by atoms with Crippen LogP contribution >= 0.6 is 0 Å². The molecule has 0 aromatic carbocycles. The van der Waals surface area contributed by atoms with Crippen molar-refractivity contribution < 1.29 is 0 Å². The Hall–Kier alpha value is -0.0800. The van der Waals surface area contributed by atoms with Gasteiger partial charge in [-0.15, -0.1) is 0 Å². The van der Waals surface area contributed by atoms with Crippen molar-refractivity contribution in [1.29, 1.82) is 0 Å². The average molecular weight is 172 g/mol. The second-order valence-electron chi connectivity index (χ2n) is 3.41. The van der Waals surface area contributed by atoms with Crippen molar-refractivity contribution in [2.75, 3.05) is 20.3 Å². The van der Waals surface area contributed by atoms with Crippen LogP contribution in [0, 0.1) is 0 Å². The van der Waals surface area contributed by atoms with Crippen LogP contribution in [0.25, 0.3) is 0 Å². The van der Waals surface area contributed by atoms with Crippen LogP contribution in [-0.4, -0.2) is 31.2 Å². The van der Waals surface area contributed by atoms with Crippen molar-refractivity contribution in [2.45, 2.75) is 46.1 Å². The highest BCUT2D eigenvalue weighted by Gasteiger charge is 2.09. The molecule has 0 radical (unpaired) electrons. The summed E-state index contributed by atoms with van der Waals surface area (Å²) in [6.45, 7) is 8.95. The Kier molecular flexibility index (Phi) is 7.51. The molecule has 0 saturated carbocycles. The summed E-state index contributed by atoms with van der Waals surface area (Å²) in [7, 11) is 2.01. The largest absolute Gasteiger partial charge is 0.307 e. The average Bonchev–Trinajstić information content (AvgIpc) is 2.10. The van der Waals surface area contributed by atoms with Crippen LogP contribution < -0.4 is 5.32 Å². The number of unbranched alkanes of at least 4 members (excludes halogenated alkanes) is 1. The summed E-state index contributed by atoms with van der Waals surface area (Å²) in [5.74, 6) is 0. The quantitative estimate of drug-likeness (QED) is 0.591. The van der Waals surface area contributed by atoms with Gasteiger partial charge in [0.25, 0.3) is 0 Å². The lowest BCUT2D eigenvalue weighted by Gasteiger charge is -2.27. The van der Waals surface area contributed by atoms with Gasteiger partial charge in [-0.3, -0.25) is 4.90 Å². The first kappa shape index (κ1) is 11.9. The minimum atomic E-state index is 0.724. The molecule has 74 valence electrons. The second kappa shape index (κ2) is 7.56. The zero-order chi connectivity index (χ0) is 9.40. The fraction of sp³-hybridized carbons (Fsp3) is 1.00. The van der Waals surface area contributed by atoms with Gasteiger partial charge < -0.3 is 5.32 Å². The first-order chi connectivity index (χ1) is 5.76. The van der Waals surface area contributed by atoms with Gasteiger partial charge in [0.2, 0.25) is 0 Å². The standard InChI is InChI=1S/C10H24N2/c1-5-7-8-10(3)12(6-2)9-11-4/h10-11H,5-9H2,1-4H3. The van der Waals surface area contributed by atoms with Crippen LogP contribution in [0.5, 0.6) is 0 Å². The fourth-order valence-corrected chi connectivity index (χ4v) is 1.46. The van der Waals surface area contributed by atoms with E-state index >= 15 is 0 Å². The Labute approximate surface area is 77.3 Å². The Morgan fingerprint density at radius 1 is 1.33 bits per heavy atom. The van der Waals surface area contributed by atoms with Gasteiger partial charge in [0, 0.05) is 12.7 Å². The maximum absolute atomic E-state index is 3.20. The molecular weight excluding hydrogens is 148 g/mol. The van der Waals surface area contributed by atoms with Gasteiger partial charge in [0.15, 0.2) is 0 Å². The smallest absolute Gasteiger partial charge is 0.0480 e. The molecule has 0 saturated heterocycles. The molecule has 12 heavy (non-hydrogen) atoms. The zero-order valence-corrected chi connectivity index (χ0v) is 9.06. The van der Waals surface area contributed by atoms with E-state index in [4.69, 9.17) is 0 Å². The predicted octanol–water partition coefficient (Wildman–Crippen LogP) is 2.06. The molecule has 2 heteroatoms. The van der Waals surface area contributed by atoms with Gasteiger partial charge in [0.05, 0.1) is 0 Å². The number of nitrogens with zero attached hydrogens (tertiary/aromatic N) is 1. The highest BCUT2D eigenvalue weighted by molar-refractivity contribution is 4.63. The Bertz CT molecular complexity index is 93.8. The molecule has 1 unspecified atom stereocenters. The molecule has 0 rings (SSSR count). The first-order valence-electron chi connectivity index (χ1n) is 5.14. The third-order valence-electron chi connectivity index (χ3n) is 2.37. The summed E-state index contributed by atoms with van der Waals surface area (Å²) in [5.41, 5.74) is 0. The van der Waals surface area contributed by atoms with Crippen molar-refractivity contribution in [2.24, 2.45) is 0 Å². The molecular formula is C10H24N2.